The summed E-state index contributed by atoms with van der Waals surface area (Å²) in [7, 11) is 1.57. The Bertz CT molecular complexity index is 1540. The fourth-order valence-electron chi connectivity index (χ4n) is 5.01. The molecule has 3 N–H and O–H groups in total. The molecule has 0 bridgehead atoms. The molecular formula is C32H33N3O3S. The van der Waals surface area contributed by atoms with E-state index >= 15 is 0 Å². The van der Waals surface area contributed by atoms with Crippen LogP contribution in [0.4, 0.5) is 0 Å². The smallest absolute Gasteiger partial charge is 0.338 e. The third-order valence-corrected chi connectivity index (χ3v) is 8.61. The van der Waals surface area contributed by atoms with Gasteiger partial charge in [-0.3, -0.25) is 10.8 Å². The van der Waals surface area contributed by atoms with Gasteiger partial charge in [0.15, 0.2) is 0 Å². The molecule has 5 rings (SSSR count). The molecule has 39 heavy (non-hydrogen) atoms. The fourth-order valence-corrected chi connectivity index (χ4v) is 6.11. The highest BCUT2D eigenvalue weighted by molar-refractivity contribution is 7.99. The Kier molecular flexibility index (Phi) is 7.47. The van der Waals surface area contributed by atoms with Gasteiger partial charge in [-0.1, -0.05) is 69.0 Å². The van der Waals surface area contributed by atoms with E-state index in [1.807, 2.05) is 30.4 Å². The van der Waals surface area contributed by atoms with E-state index in [4.69, 9.17) is 20.3 Å². The average molecular weight is 540 g/mol. The van der Waals surface area contributed by atoms with E-state index in [9.17, 15) is 4.79 Å². The summed E-state index contributed by atoms with van der Waals surface area (Å²) in [6.07, 6.45) is 9.32. The lowest BCUT2D eigenvalue weighted by Gasteiger charge is -2.26. The minimum atomic E-state index is -0.377. The zero-order valence-electron chi connectivity index (χ0n) is 22.7. The van der Waals surface area contributed by atoms with Crippen LogP contribution >= 0.6 is 11.8 Å². The predicted molar refractivity (Wildman–Crippen MR) is 158 cm³/mol. The number of amidine groups is 2. The molecule has 0 atom stereocenters. The molecule has 0 saturated heterocycles. The molecule has 2 aliphatic rings. The van der Waals surface area contributed by atoms with Crippen molar-refractivity contribution in [2.24, 2.45) is 0 Å². The van der Waals surface area contributed by atoms with Gasteiger partial charge >= 0.3 is 5.97 Å². The first-order valence-electron chi connectivity index (χ1n) is 13.1. The van der Waals surface area contributed by atoms with Gasteiger partial charge < -0.3 is 14.8 Å². The average Bonchev–Trinajstić information content (AvgIpc) is 3.55. The first-order chi connectivity index (χ1) is 18.7. The number of benzene rings is 3. The van der Waals surface area contributed by atoms with Crippen LogP contribution < -0.4 is 5.32 Å². The minimum absolute atomic E-state index is 0.00184. The van der Waals surface area contributed by atoms with E-state index in [2.05, 4.69) is 56.4 Å². The Balaban J connectivity index is 1.70. The summed E-state index contributed by atoms with van der Waals surface area (Å²) in [6.45, 7) is 7.24. The lowest BCUT2D eigenvalue weighted by molar-refractivity contribution is 0.0388. The quantitative estimate of drug-likeness (QED) is 0.202. The summed E-state index contributed by atoms with van der Waals surface area (Å²) in [5, 5.41) is 22.3. The lowest BCUT2D eigenvalue weighted by atomic mass is 9.79. The SMILES string of the molecule is CCC(C)(C)c1cc(Sc2cccc(C(=O)OCCOC)c2)c2c(C3C=CC=C3)c3c(cc2c1)C(=N)NC3=N. The van der Waals surface area contributed by atoms with E-state index in [1.54, 1.807) is 24.9 Å². The molecule has 1 heterocycles. The van der Waals surface area contributed by atoms with Gasteiger partial charge in [-0.25, -0.2) is 4.79 Å². The van der Waals surface area contributed by atoms with E-state index in [1.165, 1.54) is 5.56 Å². The second-order valence-electron chi connectivity index (χ2n) is 10.5. The van der Waals surface area contributed by atoms with Gasteiger partial charge in [0.1, 0.15) is 18.3 Å². The number of ether oxygens (including phenoxy) is 2. The van der Waals surface area contributed by atoms with Crippen LogP contribution in [-0.4, -0.2) is 38.0 Å². The van der Waals surface area contributed by atoms with Crippen molar-refractivity contribution in [1.29, 1.82) is 10.8 Å². The second-order valence-corrected chi connectivity index (χ2v) is 11.6. The van der Waals surface area contributed by atoms with Gasteiger partial charge in [0.2, 0.25) is 0 Å². The van der Waals surface area contributed by atoms with Gasteiger partial charge in [-0.15, -0.1) is 0 Å². The Labute approximate surface area is 233 Å². The van der Waals surface area contributed by atoms with Crippen LogP contribution in [-0.2, 0) is 14.9 Å². The third kappa shape index (κ3) is 5.16. The fraction of sp³-hybridized carbons (Fsp3) is 0.281. The molecular weight excluding hydrogens is 506 g/mol. The first kappa shape index (κ1) is 26.9. The third-order valence-electron chi connectivity index (χ3n) is 7.57. The van der Waals surface area contributed by atoms with Crippen molar-refractivity contribution in [2.75, 3.05) is 20.3 Å². The number of carbonyl (C=O) groups excluding carboxylic acids is 1. The van der Waals surface area contributed by atoms with E-state index in [0.29, 0.717) is 12.2 Å². The van der Waals surface area contributed by atoms with Crippen molar-refractivity contribution >= 4 is 40.2 Å². The summed E-state index contributed by atoms with van der Waals surface area (Å²) in [5.41, 5.74) is 4.24. The predicted octanol–water partition coefficient (Wildman–Crippen LogP) is 6.95. The van der Waals surface area contributed by atoms with Gasteiger partial charge in [0.25, 0.3) is 0 Å². The van der Waals surface area contributed by atoms with E-state index in [-0.39, 0.29) is 35.6 Å². The number of carbonyl (C=O) groups is 1. The van der Waals surface area contributed by atoms with Gasteiger partial charge in [0.05, 0.1) is 12.2 Å². The molecule has 0 aromatic heterocycles. The van der Waals surface area contributed by atoms with E-state index in [0.717, 1.165) is 43.7 Å². The summed E-state index contributed by atoms with van der Waals surface area (Å²) >= 11 is 1.61. The summed E-state index contributed by atoms with van der Waals surface area (Å²) < 4.78 is 10.3. The maximum atomic E-state index is 12.6. The molecule has 0 fully saturated rings. The van der Waals surface area contributed by atoms with Crippen LogP contribution in [0.15, 0.2) is 76.6 Å². The first-order valence-corrected chi connectivity index (χ1v) is 13.9. The zero-order valence-corrected chi connectivity index (χ0v) is 23.5. The molecule has 3 aromatic rings. The maximum Gasteiger partial charge on any atom is 0.338 e. The molecule has 200 valence electrons. The molecule has 0 unspecified atom stereocenters. The van der Waals surface area contributed by atoms with Gasteiger partial charge in [-0.2, -0.15) is 0 Å². The Morgan fingerprint density at radius 1 is 1.05 bits per heavy atom. The number of hydrogen-bond acceptors (Lipinski definition) is 6. The highest BCUT2D eigenvalue weighted by atomic mass is 32.2. The Morgan fingerprint density at radius 2 is 1.82 bits per heavy atom. The number of methoxy groups -OCH3 is 1. The lowest BCUT2D eigenvalue weighted by Crippen LogP contribution is -2.20. The standard InChI is InChI=1S/C32H33N3O3S/c1-5-32(2,3)22-15-21-17-24-28(30(34)35-29(24)33)27(19-9-6-7-10-19)26(21)25(18-22)39-23-12-8-11-20(16-23)31(36)38-14-13-37-4/h6-12,15-19H,5,13-14H2,1-4H3,(H3,33,34,35). The number of hydrogen-bond donors (Lipinski definition) is 3. The molecule has 0 radical (unpaired) electrons. The number of allylic oxidation sites excluding steroid dienone is 4. The van der Waals surface area contributed by atoms with Crippen LogP contribution in [0, 0.1) is 10.8 Å². The Hall–Kier alpha value is -3.68. The maximum absolute atomic E-state index is 12.6. The van der Waals surface area contributed by atoms with Crippen LogP contribution in [0.2, 0.25) is 0 Å². The number of rotatable bonds is 9. The molecule has 1 aliphatic heterocycles. The molecule has 0 saturated carbocycles. The highest BCUT2D eigenvalue weighted by Crippen LogP contribution is 2.45. The van der Waals surface area contributed by atoms with Gasteiger partial charge in [0, 0.05) is 39.3 Å². The number of fused-ring (bicyclic) bond motifs is 2. The molecule has 7 heteroatoms. The van der Waals surface area contributed by atoms with E-state index < -0.39 is 0 Å². The van der Waals surface area contributed by atoms with Gasteiger partial charge in [-0.05, 0) is 58.7 Å². The number of nitrogens with one attached hydrogen (secondary N) is 3. The van der Waals surface area contributed by atoms with Crippen molar-refractivity contribution in [3.8, 4) is 0 Å². The molecule has 1 aliphatic carbocycles. The molecule has 0 amide bonds. The normalized spacial score (nSPS) is 14.8. The summed E-state index contributed by atoms with van der Waals surface area (Å²) in [6, 6.07) is 14.1. The van der Waals surface area contributed by atoms with Crippen molar-refractivity contribution in [1.82, 2.24) is 5.32 Å². The van der Waals surface area contributed by atoms with Crippen molar-refractivity contribution in [3.63, 3.8) is 0 Å². The number of esters is 1. The summed E-state index contributed by atoms with van der Waals surface area (Å²) in [4.78, 5) is 14.6. The van der Waals surface area contributed by atoms with Crippen molar-refractivity contribution < 1.29 is 14.3 Å². The zero-order chi connectivity index (χ0) is 27.7. The molecule has 3 aromatic carbocycles. The minimum Gasteiger partial charge on any atom is -0.460 e. The summed E-state index contributed by atoms with van der Waals surface area (Å²) in [5.74, 6) is 0.147. The Morgan fingerprint density at radius 3 is 2.54 bits per heavy atom. The molecule has 0 spiro atoms. The monoisotopic (exact) mass is 539 g/mol. The van der Waals surface area contributed by atoms with Crippen LogP contribution in [0.3, 0.4) is 0 Å². The largest absolute Gasteiger partial charge is 0.460 e. The van der Waals surface area contributed by atoms with Crippen LogP contribution in [0.5, 0.6) is 0 Å². The van der Waals surface area contributed by atoms with Crippen molar-refractivity contribution in [3.05, 3.63) is 94.6 Å². The highest BCUT2D eigenvalue weighted by Gasteiger charge is 2.31. The topological polar surface area (TPSA) is 95.3 Å². The van der Waals surface area contributed by atoms with Crippen LogP contribution in [0.25, 0.3) is 10.8 Å². The molecule has 6 nitrogen and oxygen atoms in total. The van der Waals surface area contributed by atoms with Crippen molar-refractivity contribution in [2.45, 2.75) is 48.3 Å². The second kappa shape index (κ2) is 10.8. The van der Waals surface area contributed by atoms with Crippen LogP contribution in [0.1, 0.15) is 65.7 Å².